The van der Waals surface area contributed by atoms with Gasteiger partial charge in [0.15, 0.2) is 6.61 Å². The van der Waals surface area contributed by atoms with Crippen molar-refractivity contribution in [3.05, 3.63) is 59.7 Å². The topological polar surface area (TPSA) is 55.6 Å². The van der Waals surface area contributed by atoms with E-state index in [-0.39, 0.29) is 18.6 Å². The van der Waals surface area contributed by atoms with Gasteiger partial charge in [-0.05, 0) is 30.2 Å². The fourth-order valence-corrected chi connectivity index (χ4v) is 2.44. The van der Waals surface area contributed by atoms with Crippen LogP contribution in [0.4, 0.5) is 5.69 Å². The molecule has 1 aliphatic rings. The molecule has 2 aromatic rings. The second kappa shape index (κ2) is 5.58. The molecule has 1 heterocycles. The van der Waals surface area contributed by atoms with Crippen molar-refractivity contribution in [1.29, 1.82) is 0 Å². The normalized spacial score (nSPS) is 15.3. The number of benzene rings is 2. The van der Waals surface area contributed by atoms with Crippen LogP contribution >= 0.6 is 0 Å². The zero-order valence-corrected chi connectivity index (χ0v) is 12.0. The molecule has 4 heteroatoms. The summed E-state index contributed by atoms with van der Waals surface area (Å²) in [5, 5.41) is 0. The van der Waals surface area contributed by atoms with Gasteiger partial charge in [-0.1, -0.05) is 36.4 Å². The van der Waals surface area contributed by atoms with Gasteiger partial charge in [0.05, 0.1) is 12.2 Å². The van der Waals surface area contributed by atoms with Crippen LogP contribution in [-0.2, 0) is 11.3 Å². The van der Waals surface area contributed by atoms with Gasteiger partial charge in [0.25, 0.3) is 5.91 Å². The molecule has 1 amide bonds. The van der Waals surface area contributed by atoms with Crippen LogP contribution in [0.5, 0.6) is 5.75 Å². The number of nitrogens with two attached hydrogens (primary N) is 1. The largest absolute Gasteiger partial charge is 0.482 e. The van der Waals surface area contributed by atoms with Crippen LogP contribution in [0.3, 0.4) is 0 Å². The van der Waals surface area contributed by atoms with E-state index in [1.807, 2.05) is 55.5 Å². The van der Waals surface area contributed by atoms with Crippen LogP contribution < -0.4 is 15.4 Å². The number of hydrogen-bond donors (Lipinski definition) is 1. The van der Waals surface area contributed by atoms with E-state index in [9.17, 15) is 4.79 Å². The van der Waals surface area contributed by atoms with Crippen LogP contribution in [0.2, 0.25) is 0 Å². The fourth-order valence-electron chi connectivity index (χ4n) is 2.44. The molecule has 108 valence electrons. The highest BCUT2D eigenvalue weighted by Gasteiger charge is 2.26. The number of ether oxygens (including phenoxy) is 1. The van der Waals surface area contributed by atoms with Crippen molar-refractivity contribution < 1.29 is 9.53 Å². The molecule has 21 heavy (non-hydrogen) atoms. The fraction of sp³-hybridized carbons (Fsp3) is 0.235. The van der Waals surface area contributed by atoms with Gasteiger partial charge in [0.2, 0.25) is 0 Å². The van der Waals surface area contributed by atoms with E-state index in [0.29, 0.717) is 6.54 Å². The van der Waals surface area contributed by atoms with E-state index in [4.69, 9.17) is 10.5 Å². The first-order valence-corrected chi connectivity index (χ1v) is 7.02. The van der Waals surface area contributed by atoms with Crippen LogP contribution in [-0.4, -0.2) is 12.5 Å². The average Bonchev–Trinajstić information content (AvgIpc) is 2.50. The second-order valence-corrected chi connectivity index (χ2v) is 5.27. The van der Waals surface area contributed by atoms with Crippen molar-refractivity contribution in [1.82, 2.24) is 0 Å². The summed E-state index contributed by atoms with van der Waals surface area (Å²) in [7, 11) is 0. The Morgan fingerprint density at radius 1 is 1.24 bits per heavy atom. The lowest BCUT2D eigenvalue weighted by Gasteiger charge is -2.30. The van der Waals surface area contributed by atoms with Crippen molar-refractivity contribution >= 4 is 11.6 Å². The first kappa shape index (κ1) is 13.6. The van der Waals surface area contributed by atoms with E-state index in [1.165, 1.54) is 0 Å². The van der Waals surface area contributed by atoms with Crippen LogP contribution in [0.25, 0.3) is 0 Å². The van der Waals surface area contributed by atoms with Crippen LogP contribution in [0.1, 0.15) is 24.1 Å². The van der Waals surface area contributed by atoms with Gasteiger partial charge in [-0.2, -0.15) is 0 Å². The minimum Gasteiger partial charge on any atom is -0.482 e. The lowest BCUT2D eigenvalue weighted by atomic mass is 10.1. The monoisotopic (exact) mass is 282 g/mol. The smallest absolute Gasteiger partial charge is 0.265 e. The minimum atomic E-state index is -0.0779. The molecule has 1 unspecified atom stereocenters. The Labute approximate surface area is 124 Å². The Hall–Kier alpha value is -2.33. The second-order valence-electron chi connectivity index (χ2n) is 5.27. The van der Waals surface area contributed by atoms with Crippen molar-refractivity contribution in [3.8, 4) is 5.75 Å². The lowest BCUT2D eigenvalue weighted by Crippen LogP contribution is -2.38. The van der Waals surface area contributed by atoms with Gasteiger partial charge >= 0.3 is 0 Å². The molecule has 1 aliphatic heterocycles. The highest BCUT2D eigenvalue weighted by atomic mass is 16.5. The maximum atomic E-state index is 12.2. The molecule has 0 fully saturated rings. The summed E-state index contributed by atoms with van der Waals surface area (Å²) in [6.45, 7) is 2.55. The molecule has 1 atom stereocenters. The number of carbonyl (C=O) groups excluding carboxylic acids is 1. The van der Waals surface area contributed by atoms with Gasteiger partial charge in [0.1, 0.15) is 5.75 Å². The molecular formula is C17H18N2O2. The Bertz CT molecular complexity index is 653. The lowest BCUT2D eigenvalue weighted by molar-refractivity contribution is -0.121. The zero-order chi connectivity index (χ0) is 14.8. The number of anilines is 1. The molecule has 0 saturated heterocycles. The number of hydrogen-bond acceptors (Lipinski definition) is 3. The highest BCUT2D eigenvalue weighted by molar-refractivity contribution is 5.97. The van der Waals surface area contributed by atoms with Gasteiger partial charge < -0.3 is 15.4 Å². The summed E-state index contributed by atoms with van der Waals surface area (Å²) in [4.78, 5) is 14.0. The van der Waals surface area contributed by atoms with E-state index >= 15 is 0 Å². The third kappa shape index (κ3) is 2.76. The van der Waals surface area contributed by atoms with Gasteiger partial charge in [0, 0.05) is 6.04 Å². The zero-order valence-electron chi connectivity index (χ0n) is 12.0. The number of amides is 1. The molecule has 0 saturated carbocycles. The van der Waals surface area contributed by atoms with Crippen molar-refractivity contribution in [2.75, 3.05) is 11.5 Å². The maximum Gasteiger partial charge on any atom is 0.265 e. The molecule has 3 rings (SSSR count). The molecule has 0 aliphatic carbocycles. The summed E-state index contributed by atoms with van der Waals surface area (Å²) in [6.07, 6.45) is 0. The SMILES string of the molecule is CC(N)c1ccc2c(c1)N(Cc1ccccc1)C(=O)CO2. The molecule has 4 nitrogen and oxygen atoms in total. The third-order valence-corrected chi connectivity index (χ3v) is 3.64. The first-order valence-electron chi connectivity index (χ1n) is 7.02. The average molecular weight is 282 g/mol. The number of fused-ring (bicyclic) bond motifs is 1. The van der Waals surface area contributed by atoms with E-state index in [2.05, 4.69) is 0 Å². The molecular weight excluding hydrogens is 264 g/mol. The van der Waals surface area contributed by atoms with Crippen molar-refractivity contribution in [2.24, 2.45) is 5.73 Å². The molecule has 2 N–H and O–H groups in total. The van der Waals surface area contributed by atoms with Crippen LogP contribution in [0, 0.1) is 0 Å². The Kier molecular flexibility index (Phi) is 3.62. The Morgan fingerprint density at radius 2 is 2.00 bits per heavy atom. The summed E-state index contributed by atoms with van der Waals surface area (Å²) in [5.41, 5.74) is 8.81. The van der Waals surface area contributed by atoms with Gasteiger partial charge in [-0.3, -0.25) is 4.79 Å². The van der Waals surface area contributed by atoms with Crippen LogP contribution in [0.15, 0.2) is 48.5 Å². The Balaban J connectivity index is 1.97. The predicted octanol–water partition coefficient (Wildman–Crippen LogP) is 2.63. The summed E-state index contributed by atoms with van der Waals surface area (Å²) in [5.74, 6) is 0.697. The first-order chi connectivity index (χ1) is 10.1. The van der Waals surface area contributed by atoms with Crippen molar-refractivity contribution in [3.63, 3.8) is 0 Å². The summed E-state index contributed by atoms with van der Waals surface area (Å²) < 4.78 is 5.51. The molecule has 0 radical (unpaired) electrons. The Morgan fingerprint density at radius 3 is 2.71 bits per heavy atom. The molecule has 0 aromatic heterocycles. The minimum absolute atomic E-state index is 0.0341. The molecule has 0 bridgehead atoms. The molecule has 2 aromatic carbocycles. The van der Waals surface area contributed by atoms with E-state index in [1.54, 1.807) is 4.90 Å². The number of nitrogens with zero attached hydrogens (tertiary/aromatic N) is 1. The van der Waals surface area contributed by atoms with E-state index < -0.39 is 0 Å². The van der Waals surface area contributed by atoms with Gasteiger partial charge in [-0.25, -0.2) is 0 Å². The third-order valence-electron chi connectivity index (χ3n) is 3.64. The van der Waals surface area contributed by atoms with E-state index in [0.717, 1.165) is 22.6 Å². The standard InChI is InChI=1S/C17H18N2O2/c1-12(18)14-7-8-16-15(9-14)19(17(20)11-21-16)10-13-5-3-2-4-6-13/h2-9,12H,10-11,18H2,1H3. The maximum absolute atomic E-state index is 12.2. The van der Waals surface area contributed by atoms with Crippen molar-refractivity contribution in [2.45, 2.75) is 19.5 Å². The summed E-state index contributed by atoms with van der Waals surface area (Å²) in [6, 6.07) is 15.6. The summed E-state index contributed by atoms with van der Waals surface area (Å²) >= 11 is 0. The van der Waals surface area contributed by atoms with Gasteiger partial charge in [-0.15, -0.1) is 0 Å². The predicted molar refractivity (Wildman–Crippen MR) is 82.2 cm³/mol. The highest BCUT2D eigenvalue weighted by Crippen LogP contribution is 2.35. The number of carbonyl (C=O) groups is 1. The number of rotatable bonds is 3. The quantitative estimate of drug-likeness (QED) is 0.941. The molecule has 0 spiro atoms.